The molecular formula is C33H42N4O5. The molecule has 1 aliphatic carbocycles. The number of nitrogens with one attached hydrogen (secondary N) is 1. The van der Waals surface area contributed by atoms with Crippen molar-refractivity contribution in [3.63, 3.8) is 0 Å². The van der Waals surface area contributed by atoms with Crippen LogP contribution in [0.25, 0.3) is 0 Å². The second-order valence-corrected chi connectivity index (χ2v) is 11.3. The topological polar surface area (TPSA) is 123 Å². The van der Waals surface area contributed by atoms with Crippen molar-refractivity contribution in [1.29, 1.82) is 0 Å². The molecule has 2 aromatic rings. The SMILES string of the molecule is CCOC(=O)CCC(=O)N(c1cc(C)c(C#CCNc2ccc(/C(N)=N\C(=O)OC(C)(C)C)cc2)cc1C)C1CCC1. The molecule has 0 atom stereocenters. The Labute approximate surface area is 248 Å². The van der Waals surface area contributed by atoms with Crippen molar-refractivity contribution in [2.45, 2.75) is 85.3 Å². The van der Waals surface area contributed by atoms with E-state index in [-0.39, 0.29) is 36.6 Å². The van der Waals surface area contributed by atoms with Gasteiger partial charge in [-0.25, -0.2) is 4.79 Å². The largest absolute Gasteiger partial charge is 0.466 e. The van der Waals surface area contributed by atoms with Gasteiger partial charge in [-0.2, -0.15) is 4.99 Å². The molecule has 0 bridgehead atoms. The van der Waals surface area contributed by atoms with Crippen molar-refractivity contribution < 1.29 is 23.9 Å². The molecular weight excluding hydrogens is 532 g/mol. The van der Waals surface area contributed by atoms with Gasteiger partial charge in [0.25, 0.3) is 0 Å². The van der Waals surface area contributed by atoms with E-state index in [1.54, 1.807) is 39.8 Å². The van der Waals surface area contributed by atoms with Crippen molar-refractivity contribution in [2.24, 2.45) is 10.7 Å². The Morgan fingerprint density at radius 1 is 1.07 bits per heavy atom. The van der Waals surface area contributed by atoms with E-state index in [0.29, 0.717) is 18.7 Å². The normalized spacial score (nSPS) is 13.3. The van der Waals surface area contributed by atoms with Gasteiger partial charge in [-0.1, -0.05) is 11.8 Å². The van der Waals surface area contributed by atoms with Crippen LogP contribution in [-0.4, -0.2) is 48.6 Å². The average molecular weight is 575 g/mol. The molecule has 1 saturated carbocycles. The Kier molecular flexibility index (Phi) is 11.1. The van der Waals surface area contributed by atoms with E-state index in [0.717, 1.165) is 47.3 Å². The van der Waals surface area contributed by atoms with E-state index in [1.807, 2.05) is 43.0 Å². The molecule has 0 radical (unpaired) electrons. The van der Waals surface area contributed by atoms with Crippen LogP contribution in [0.1, 0.15) is 82.1 Å². The number of hydrogen-bond acceptors (Lipinski definition) is 6. The Morgan fingerprint density at radius 2 is 1.76 bits per heavy atom. The molecule has 3 rings (SSSR count). The Hall–Kier alpha value is -4.32. The summed E-state index contributed by atoms with van der Waals surface area (Å²) in [5.74, 6) is 6.08. The van der Waals surface area contributed by atoms with Crippen LogP contribution in [0.2, 0.25) is 0 Å². The zero-order valence-electron chi connectivity index (χ0n) is 25.5. The molecule has 2 amide bonds. The number of amidine groups is 1. The summed E-state index contributed by atoms with van der Waals surface area (Å²) in [5, 5.41) is 3.26. The molecule has 9 nitrogen and oxygen atoms in total. The quantitative estimate of drug-likeness (QED) is 0.172. The van der Waals surface area contributed by atoms with Crippen LogP contribution in [-0.2, 0) is 19.1 Å². The maximum Gasteiger partial charge on any atom is 0.436 e. The Bertz CT molecular complexity index is 1380. The molecule has 224 valence electrons. The highest BCUT2D eigenvalue weighted by Crippen LogP contribution is 2.34. The van der Waals surface area contributed by atoms with Gasteiger partial charge in [0.2, 0.25) is 5.91 Å². The summed E-state index contributed by atoms with van der Waals surface area (Å²) >= 11 is 0. The van der Waals surface area contributed by atoms with Crippen LogP contribution >= 0.6 is 0 Å². The Morgan fingerprint density at radius 3 is 2.36 bits per heavy atom. The summed E-state index contributed by atoms with van der Waals surface area (Å²) in [7, 11) is 0. The van der Waals surface area contributed by atoms with Gasteiger partial charge < -0.3 is 25.4 Å². The van der Waals surface area contributed by atoms with Crippen LogP contribution in [0.5, 0.6) is 0 Å². The Balaban J connectivity index is 1.64. The molecule has 1 aliphatic rings. The lowest BCUT2D eigenvalue weighted by Gasteiger charge is -2.38. The number of carbonyl (C=O) groups excluding carboxylic acids is 3. The molecule has 2 aromatic carbocycles. The fourth-order valence-corrected chi connectivity index (χ4v) is 4.43. The van der Waals surface area contributed by atoms with Gasteiger partial charge >= 0.3 is 12.1 Å². The average Bonchev–Trinajstić information content (AvgIpc) is 2.88. The van der Waals surface area contributed by atoms with Crippen molar-refractivity contribution in [3.05, 3.63) is 58.7 Å². The fraction of sp³-hybridized carbons (Fsp3) is 0.455. The van der Waals surface area contributed by atoms with E-state index in [2.05, 4.69) is 22.2 Å². The van der Waals surface area contributed by atoms with Gasteiger partial charge in [0.15, 0.2) is 0 Å². The smallest absolute Gasteiger partial charge is 0.436 e. The summed E-state index contributed by atoms with van der Waals surface area (Å²) in [6.45, 7) is 11.8. The minimum absolute atomic E-state index is 0.0535. The van der Waals surface area contributed by atoms with E-state index < -0.39 is 11.7 Å². The van der Waals surface area contributed by atoms with Crippen molar-refractivity contribution in [2.75, 3.05) is 23.4 Å². The third-order valence-electron chi connectivity index (χ3n) is 6.75. The van der Waals surface area contributed by atoms with E-state index in [9.17, 15) is 14.4 Å². The first-order valence-electron chi connectivity index (χ1n) is 14.4. The summed E-state index contributed by atoms with van der Waals surface area (Å²) in [6.07, 6.45) is 2.50. The van der Waals surface area contributed by atoms with E-state index in [4.69, 9.17) is 15.2 Å². The highest BCUT2D eigenvalue weighted by molar-refractivity contribution is 6.03. The molecule has 0 aliphatic heterocycles. The lowest BCUT2D eigenvalue weighted by atomic mass is 9.89. The van der Waals surface area contributed by atoms with Crippen LogP contribution in [0.3, 0.4) is 0 Å². The minimum atomic E-state index is -0.729. The molecule has 9 heteroatoms. The number of nitrogens with zero attached hydrogens (tertiary/aromatic N) is 2. The van der Waals surface area contributed by atoms with Crippen LogP contribution in [0.15, 0.2) is 41.4 Å². The lowest BCUT2D eigenvalue weighted by Crippen LogP contribution is -2.45. The number of amides is 2. The van der Waals surface area contributed by atoms with Gasteiger partial charge in [0, 0.05) is 35.0 Å². The number of esters is 1. The number of nitrogens with two attached hydrogens (primary N) is 1. The number of rotatable bonds is 9. The van der Waals surface area contributed by atoms with Gasteiger partial charge in [-0.15, -0.1) is 0 Å². The molecule has 0 heterocycles. The van der Waals surface area contributed by atoms with Crippen molar-refractivity contribution in [3.8, 4) is 11.8 Å². The van der Waals surface area contributed by atoms with Gasteiger partial charge in [-0.3, -0.25) is 9.59 Å². The highest BCUT2D eigenvalue weighted by atomic mass is 16.6. The first-order chi connectivity index (χ1) is 19.9. The number of carbonyl (C=O) groups is 3. The van der Waals surface area contributed by atoms with Crippen LogP contribution in [0, 0.1) is 25.7 Å². The van der Waals surface area contributed by atoms with Crippen LogP contribution < -0.4 is 16.0 Å². The molecule has 0 spiro atoms. The zero-order valence-corrected chi connectivity index (χ0v) is 25.5. The fourth-order valence-electron chi connectivity index (χ4n) is 4.43. The third-order valence-corrected chi connectivity index (χ3v) is 6.75. The standard InChI is InChI=1S/C33H42N4O5/c1-7-41-30(39)18-17-29(38)37(27-11-8-12-27)28-21-22(2)25(20-23(28)3)10-9-19-35-26-15-13-24(14-16-26)31(34)36-32(40)42-33(4,5)6/h13-16,20-21,27,35H,7-8,11-12,17-19H2,1-6H3,(H2,34,36,40). The molecule has 3 N–H and O–H groups in total. The number of aliphatic imine (C=N–C) groups is 1. The summed E-state index contributed by atoms with van der Waals surface area (Å²) in [4.78, 5) is 42.6. The first-order valence-corrected chi connectivity index (χ1v) is 14.4. The maximum atomic E-state index is 13.2. The van der Waals surface area contributed by atoms with E-state index in [1.165, 1.54) is 0 Å². The first kappa shape index (κ1) is 32.2. The van der Waals surface area contributed by atoms with Gasteiger partial charge in [-0.05, 0) is 108 Å². The minimum Gasteiger partial charge on any atom is -0.466 e. The highest BCUT2D eigenvalue weighted by Gasteiger charge is 2.31. The lowest BCUT2D eigenvalue weighted by molar-refractivity contribution is -0.144. The molecule has 0 saturated heterocycles. The zero-order chi connectivity index (χ0) is 30.9. The molecule has 0 aromatic heterocycles. The summed E-state index contributed by atoms with van der Waals surface area (Å²) < 4.78 is 10.2. The van der Waals surface area contributed by atoms with Crippen molar-refractivity contribution >= 4 is 35.2 Å². The second kappa shape index (κ2) is 14.5. The van der Waals surface area contributed by atoms with Gasteiger partial charge in [0.1, 0.15) is 11.4 Å². The van der Waals surface area contributed by atoms with E-state index >= 15 is 0 Å². The number of aryl methyl sites for hydroxylation is 2. The number of anilines is 2. The third kappa shape index (κ3) is 9.37. The number of hydrogen-bond donors (Lipinski definition) is 2. The predicted molar refractivity (Wildman–Crippen MR) is 166 cm³/mol. The summed E-state index contributed by atoms with van der Waals surface area (Å²) in [6, 6.07) is 11.4. The molecule has 1 fully saturated rings. The molecule has 42 heavy (non-hydrogen) atoms. The predicted octanol–water partition coefficient (Wildman–Crippen LogP) is 5.64. The number of benzene rings is 2. The van der Waals surface area contributed by atoms with Crippen LogP contribution in [0.4, 0.5) is 16.2 Å². The molecule has 0 unspecified atom stereocenters. The number of ether oxygens (including phenoxy) is 2. The second-order valence-electron chi connectivity index (χ2n) is 11.3. The monoisotopic (exact) mass is 574 g/mol. The summed E-state index contributed by atoms with van der Waals surface area (Å²) in [5.41, 5.74) is 10.5. The van der Waals surface area contributed by atoms with Crippen molar-refractivity contribution in [1.82, 2.24) is 0 Å². The van der Waals surface area contributed by atoms with Gasteiger partial charge in [0.05, 0.1) is 19.6 Å². The maximum absolute atomic E-state index is 13.2.